The molecule has 2 aromatic rings. The second-order valence-electron chi connectivity index (χ2n) is 5.48. The van der Waals surface area contributed by atoms with Crippen molar-refractivity contribution < 1.29 is 8.42 Å². The van der Waals surface area contributed by atoms with Gasteiger partial charge in [-0.1, -0.05) is 48.5 Å². The van der Waals surface area contributed by atoms with E-state index in [9.17, 15) is 8.42 Å². The van der Waals surface area contributed by atoms with Crippen LogP contribution in [-0.4, -0.2) is 25.8 Å². The van der Waals surface area contributed by atoms with Gasteiger partial charge in [0.05, 0.1) is 15.7 Å². The molecule has 0 aromatic heterocycles. The first-order valence-electron chi connectivity index (χ1n) is 6.84. The predicted molar refractivity (Wildman–Crippen MR) is 82.6 cm³/mol. The average molecular weight is 302 g/mol. The summed E-state index contributed by atoms with van der Waals surface area (Å²) in [6.07, 6.45) is 0. The quantitative estimate of drug-likeness (QED) is 0.891. The van der Waals surface area contributed by atoms with Crippen LogP contribution in [0.15, 0.2) is 65.6 Å². The van der Waals surface area contributed by atoms with E-state index in [1.54, 1.807) is 30.3 Å². The molecule has 3 rings (SSSR count). The lowest BCUT2D eigenvalue weighted by Crippen LogP contribution is -2.39. The van der Waals surface area contributed by atoms with Crippen LogP contribution in [0.25, 0.3) is 0 Å². The van der Waals surface area contributed by atoms with Gasteiger partial charge in [0.25, 0.3) is 0 Å². The summed E-state index contributed by atoms with van der Waals surface area (Å²) in [5.41, 5.74) is 12.1. The Kier molecular flexibility index (Phi) is 3.36. The Morgan fingerprint density at radius 3 is 2.00 bits per heavy atom. The Labute approximate surface area is 124 Å². The zero-order valence-corrected chi connectivity index (χ0v) is 12.3. The molecular formula is C16H18N2O2S. The van der Waals surface area contributed by atoms with Gasteiger partial charge in [0, 0.05) is 12.5 Å². The van der Waals surface area contributed by atoms with Gasteiger partial charge in [-0.2, -0.15) is 0 Å². The van der Waals surface area contributed by atoms with E-state index in [0.717, 1.165) is 5.56 Å². The third kappa shape index (κ3) is 2.18. The van der Waals surface area contributed by atoms with Crippen molar-refractivity contribution in [3.8, 4) is 0 Å². The molecule has 3 atom stereocenters. The van der Waals surface area contributed by atoms with Gasteiger partial charge in [-0.25, -0.2) is 8.42 Å². The Bertz CT molecular complexity index is 731. The molecule has 0 spiro atoms. The number of benzene rings is 2. The third-order valence-electron chi connectivity index (χ3n) is 4.22. The molecule has 4 nitrogen and oxygen atoms in total. The van der Waals surface area contributed by atoms with Crippen molar-refractivity contribution in [2.24, 2.45) is 11.5 Å². The Balaban J connectivity index is 2.03. The molecule has 1 fully saturated rings. The normalized spacial score (nSPS) is 28.3. The van der Waals surface area contributed by atoms with Crippen molar-refractivity contribution in [3.63, 3.8) is 0 Å². The average Bonchev–Trinajstić information content (AvgIpc) is 3.17. The number of hydrogen-bond acceptors (Lipinski definition) is 4. The minimum Gasteiger partial charge on any atom is -0.329 e. The molecule has 5 heteroatoms. The molecule has 1 aliphatic rings. The van der Waals surface area contributed by atoms with Crippen molar-refractivity contribution in [2.75, 3.05) is 6.54 Å². The van der Waals surface area contributed by atoms with E-state index in [4.69, 9.17) is 11.5 Å². The third-order valence-corrected chi connectivity index (χ3v) is 6.53. The van der Waals surface area contributed by atoms with Crippen LogP contribution in [0.3, 0.4) is 0 Å². The monoisotopic (exact) mass is 302 g/mol. The second kappa shape index (κ2) is 4.94. The molecule has 0 unspecified atom stereocenters. The molecule has 0 bridgehead atoms. The summed E-state index contributed by atoms with van der Waals surface area (Å²) in [7, 11) is -3.49. The van der Waals surface area contributed by atoms with E-state index in [1.165, 1.54) is 0 Å². The summed E-state index contributed by atoms with van der Waals surface area (Å²) in [6.45, 7) is 0.142. The molecule has 2 aromatic carbocycles. The first-order chi connectivity index (χ1) is 10.0. The molecule has 0 aliphatic heterocycles. The molecule has 1 aliphatic carbocycles. The van der Waals surface area contributed by atoms with Crippen LogP contribution in [0.2, 0.25) is 0 Å². The zero-order chi connectivity index (χ0) is 15.1. The molecule has 110 valence electrons. The number of rotatable bonds is 4. The van der Waals surface area contributed by atoms with E-state index in [2.05, 4.69) is 0 Å². The van der Waals surface area contributed by atoms with Gasteiger partial charge >= 0.3 is 0 Å². The van der Waals surface area contributed by atoms with Crippen molar-refractivity contribution in [1.82, 2.24) is 0 Å². The highest BCUT2D eigenvalue weighted by atomic mass is 32.2. The van der Waals surface area contributed by atoms with Gasteiger partial charge in [0.15, 0.2) is 9.84 Å². The van der Waals surface area contributed by atoms with E-state index in [1.807, 2.05) is 30.3 Å². The van der Waals surface area contributed by atoms with Crippen LogP contribution in [0.4, 0.5) is 0 Å². The lowest BCUT2D eigenvalue weighted by atomic mass is 10.1. The maximum absolute atomic E-state index is 12.8. The fourth-order valence-electron chi connectivity index (χ4n) is 3.04. The molecule has 4 N–H and O–H groups in total. The van der Waals surface area contributed by atoms with Gasteiger partial charge in [0.1, 0.15) is 0 Å². The fourth-order valence-corrected chi connectivity index (χ4v) is 5.38. The number of sulfone groups is 1. The molecule has 21 heavy (non-hydrogen) atoms. The van der Waals surface area contributed by atoms with Crippen molar-refractivity contribution in [2.45, 2.75) is 21.6 Å². The van der Waals surface area contributed by atoms with E-state index < -0.39 is 20.6 Å². The topological polar surface area (TPSA) is 86.2 Å². The second-order valence-corrected chi connectivity index (χ2v) is 7.55. The molecule has 0 saturated heterocycles. The highest BCUT2D eigenvalue weighted by molar-refractivity contribution is 7.92. The van der Waals surface area contributed by atoms with E-state index in [0.29, 0.717) is 4.90 Å². The SMILES string of the molecule is NC[C@@]1(N)[C@H](c2ccccc2)[C@@H]1S(=O)(=O)c1ccccc1. The minimum absolute atomic E-state index is 0.142. The van der Waals surface area contributed by atoms with Gasteiger partial charge in [-0.05, 0) is 17.7 Å². The van der Waals surface area contributed by atoms with Crippen molar-refractivity contribution >= 4 is 9.84 Å². The Hall–Kier alpha value is -1.69. The smallest absolute Gasteiger partial charge is 0.183 e. The lowest BCUT2D eigenvalue weighted by molar-refractivity contribution is 0.586. The first kappa shape index (κ1) is 14.3. The number of nitrogens with two attached hydrogens (primary N) is 2. The molecule has 0 radical (unpaired) electrons. The van der Waals surface area contributed by atoms with Crippen LogP contribution in [-0.2, 0) is 9.84 Å². The Morgan fingerprint density at radius 2 is 1.48 bits per heavy atom. The largest absolute Gasteiger partial charge is 0.329 e. The molecule has 1 saturated carbocycles. The van der Waals surface area contributed by atoms with Crippen LogP contribution in [0.1, 0.15) is 11.5 Å². The maximum Gasteiger partial charge on any atom is 0.183 e. The standard InChI is InChI=1S/C16H18N2O2S/c17-11-16(18)14(12-7-3-1-4-8-12)15(16)21(19,20)13-9-5-2-6-10-13/h1-10,14-15H,11,17-18H2/t14-,15+,16-/m1/s1. The summed E-state index contributed by atoms with van der Waals surface area (Å²) in [5, 5.41) is -0.667. The summed E-state index contributed by atoms with van der Waals surface area (Å²) >= 11 is 0. The molecule has 0 heterocycles. The van der Waals surface area contributed by atoms with Crippen molar-refractivity contribution in [3.05, 3.63) is 66.2 Å². The summed E-state index contributed by atoms with van der Waals surface area (Å²) < 4.78 is 25.6. The van der Waals surface area contributed by atoms with Gasteiger partial charge in [-0.15, -0.1) is 0 Å². The fraction of sp³-hybridized carbons (Fsp3) is 0.250. The lowest BCUT2D eigenvalue weighted by Gasteiger charge is -2.08. The number of hydrogen-bond donors (Lipinski definition) is 2. The Morgan fingerprint density at radius 1 is 0.952 bits per heavy atom. The van der Waals surface area contributed by atoms with Crippen LogP contribution in [0, 0.1) is 0 Å². The molecular weight excluding hydrogens is 284 g/mol. The minimum atomic E-state index is -3.49. The highest BCUT2D eigenvalue weighted by Crippen LogP contribution is 2.54. The van der Waals surface area contributed by atoms with Gasteiger partial charge < -0.3 is 11.5 Å². The van der Waals surface area contributed by atoms with Crippen molar-refractivity contribution in [1.29, 1.82) is 0 Å². The van der Waals surface area contributed by atoms with Crippen LogP contribution >= 0.6 is 0 Å². The highest BCUT2D eigenvalue weighted by Gasteiger charge is 2.68. The summed E-state index contributed by atoms with van der Waals surface area (Å²) in [6, 6.07) is 17.9. The van der Waals surface area contributed by atoms with Crippen LogP contribution < -0.4 is 11.5 Å². The summed E-state index contributed by atoms with van der Waals surface area (Å²) in [5.74, 6) is -0.256. The first-order valence-corrected chi connectivity index (χ1v) is 8.39. The zero-order valence-electron chi connectivity index (χ0n) is 11.5. The van der Waals surface area contributed by atoms with E-state index >= 15 is 0 Å². The van der Waals surface area contributed by atoms with Gasteiger partial charge in [0.2, 0.25) is 0 Å². The van der Waals surface area contributed by atoms with Crippen LogP contribution in [0.5, 0.6) is 0 Å². The van der Waals surface area contributed by atoms with Gasteiger partial charge in [-0.3, -0.25) is 0 Å². The predicted octanol–water partition coefficient (Wildman–Crippen LogP) is 1.28. The van der Waals surface area contributed by atoms with E-state index in [-0.39, 0.29) is 12.5 Å². The molecule has 0 amide bonds. The summed E-state index contributed by atoms with van der Waals surface area (Å²) in [4.78, 5) is 0.303. The maximum atomic E-state index is 12.8.